The zero-order chi connectivity index (χ0) is 29.1. The molecule has 0 bridgehead atoms. The monoisotopic (exact) mass is 556 g/mol. The molecule has 0 spiro atoms. The van der Waals surface area contributed by atoms with Crippen LogP contribution in [0, 0.1) is 6.92 Å². The molecule has 1 N–H and O–H groups in total. The Balaban J connectivity index is 1.48. The molecule has 3 aromatic heterocycles. The number of aromatic nitrogens is 6. The van der Waals surface area contributed by atoms with E-state index in [2.05, 4.69) is 27.5 Å². The number of benzene rings is 2. The van der Waals surface area contributed by atoms with Gasteiger partial charge in [-0.05, 0) is 40.5 Å². The van der Waals surface area contributed by atoms with Crippen LogP contribution in [0.5, 0.6) is 0 Å². The number of aryl methyl sites for hydroxylation is 2. The van der Waals surface area contributed by atoms with Crippen LogP contribution in [0.15, 0.2) is 62.2 Å². The number of tetrazole rings is 1. The topological polar surface area (TPSA) is 142 Å². The summed E-state index contributed by atoms with van der Waals surface area (Å²) in [5.41, 5.74) is 4.52. The molecule has 0 radical (unpaired) electrons. The third-order valence-corrected chi connectivity index (χ3v) is 6.73. The fourth-order valence-corrected chi connectivity index (χ4v) is 4.71. The zero-order valence-corrected chi connectivity index (χ0v) is 23.7. The average Bonchev–Trinajstić information content (AvgIpc) is 3.67. The molecule has 2 aromatic carbocycles. The van der Waals surface area contributed by atoms with Crippen LogP contribution in [0.1, 0.15) is 73.2 Å². The van der Waals surface area contributed by atoms with Crippen LogP contribution in [0.25, 0.3) is 22.5 Å². The van der Waals surface area contributed by atoms with Crippen molar-refractivity contribution in [2.75, 3.05) is 0 Å². The third-order valence-electron chi connectivity index (χ3n) is 6.73. The van der Waals surface area contributed by atoms with Crippen molar-refractivity contribution in [3.63, 3.8) is 0 Å². The normalized spacial score (nSPS) is 11.6. The summed E-state index contributed by atoms with van der Waals surface area (Å²) in [7, 11) is 0. The number of aromatic amines is 1. The van der Waals surface area contributed by atoms with Gasteiger partial charge in [0.15, 0.2) is 29.6 Å². The zero-order valence-electron chi connectivity index (χ0n) is 23.7. The highest BCUT2D eigenvalue weighted by Crippen LogP contribution is 2.31. The summed E-state index contributed by atoms with van der Waals surface area (Å²) in [6.07, 6.45) is 1.56. The van der Waals surface area contributed by atoms with Crippen LogP contribution in [-0.4, -0.2) is 36.1 Å². The molecule has 0 aliphatic carbocycles. The van der Waals surface area contributed by atoms with Gasteiger partial charge in [-0.3, -0.25) is 0 Å². The molecule has 212 valence electrons. The maximum Gasteiger partial charge on any atom is 0.519 e. The predicted molar refractivity (Wildman–Crippen MR) is 150 cm³/mol. The highest BCUT2D eigenvalue weighted by atomic mass is 16.6. The van der Waals surface area contributed by atoms with Crippen molar-refractivity contribution in [1.82, 2.24) is 30.2 Å². The van der Waals surface area contributed by atoms with Crippen LogP contribution in [-0.2, 0) is 29.7 Å². The smallest absolute Gasteiger partial charge is 0.453 e. The summed E-state index contributed by atoms with van der Waals surface area (Å²) in [6, 6.07) is 16.1. The summed E-state index contributed by atoms with van der Waals surface area (Å²) >= 11 is 0. The first-order valence-corrected chi connectivity index (χ1v) is 13.4. The maximum atomic E-state index is 13.6. The van der Waals surface area contributed by atoms with Crippen LogP contribution >= 0.6 is 0 Å². The van der Waals surface area contributed by atoms with Crippen molar-refractivity contribution < 1.29 is 18.4 Å². The number of carbonyl (C=O) groups excluding carboxylic acids is 1. The highest BCUT2D eigenvalue weighted by molar-refractivity contribution is 5.89. The van der Waals surface area contributed by atoms with Crippen molar-refractivity contribution in [2.24, 2.45) is 0 Å². The number of nitrogens with zero attached hydrogens (tertiary/aromatic N) is 5. The molecule has 0 aliphatic rings. The van der Waals surface area contributed by atoms with Crippen molar-refractivity contribution in [3.05, 3.63) is 93.4 Å². The SMILES string of the molecule is CCCc1nc(C(C)(C)C)c(C(=O)OCc2oc(=O)oc2C)n1Cc1ccc(-c2ccccc2-c2nnn[nH]2)cc1. The first-order chi connectivity index (χ1) is 19.7. The standard InChI is InChI=1S/C30H32N6O5/c1-6-9-24-31-26(30(3,4)5)25(28(37)39-17-23-18(2)40-29(38)41-23)36(24)16-19-12-14-20(15-13-19)21-10-7-8-11-22(21)27-32-34-35-33-27/h7-8,10-15H,6,9,16-17H2,1-5H3,(H,32,33,34,35). The summed E-state index contributed by atoms with van der Waals surface area (Å²) in [6.45, 7) is 9.92. The van der Waals surface area contributed by atoms with Crippen LogP contribution in [0.3, 0.4) is 0 Å². The largest absolute Gasteiger partial charge is 0.519 e. The fourth-order valence-electron chi connectivity index (χ4n) is 4.71. The van der Waals surface area contributed by atoms with Crippen molar-refractivity contribution >= 4 is 5.97 Å². The van der Waals surface area contributed by atoms with E-state index in [1.807, 2.05) is 73.9 Å². The van der Waals surface area contributed by atoms with Crippen LogP contribution in [0.4, 0.5) is 0 Å². The Bertz CT molecular complexity index is 1710. The Morgan fingerprint density at radius 2 is 1.78 bits per heavy atom. The molecule has 0 saturated heterocycles. The van der Waals surface area contributed by atoms with Crippen molar-refractivity contribution in [1.29, 1.82) is 0 Å². The molecule has 0 saturated carbocycles. The summed E-state index contributed by atoms with van der Waals surface area (Å²) in [5, 5.41) is 14.3. The van der Waals surface area contributed by atoms with Gasteiger partial charge in [-0.1, -0.05) is 76.2 Å². The lowest BCUT2D eigenvalue weighted by molar-refractivity contribution is 0.0427. The number of imidazole rings is 1. The Morgan fingerprint density at radius 1 is 1.05 bits per heavy atom. The van der Waals surface area contributed by atoms with Gasteiger partial charge in [0.05, 0.1) is 5.69 Å². The lowest BCUT2D eigenvalue weighted by Crippen LogP contribution is -2.21. The van der Waals surface area contributed by atoms with Crippen LogP contribution in [0.2, 0.25) is 0 Å². The summed E-state index contributed by atoms with van der Waals surface area (Å²) in [4.78, 5) is 29.9. The van der Waals surface area contributed by atoms with E-state index >= 15 is 0 Å². The fraction of sp³-hybridized carbons (Fsp3) is 0.333. The molecule has 0 unspecified atom stereocenters. The van der Waals surface area contributed by atoms with E-state index in [9.17, 15) is 9.59 Å². The number of hydrogen-bond acceptors (Lipinski definition) is 9. The maximum absolute atomic E-state index is 13.6. The third kappa shape index (κ3) is 5.88. The van der Waals surface area contributed by atoms with Gasteiger partial charge in [0.25, 0.3) is 0 Å². The van der Waals surface area contributed by atoms with Crippen molar-refractivity contribution in [3.8, 4) is 22.5 Å². The number of hydrogen-bond donors (Lipinski definition) is 1. The quantitative estimate of drug-likeness (QED) is 0.241. The van der Waals surface area contributed by atoms with E-state index < -0.39 is 17.2 Å². The molecule has 3 heterocycles. The summed E-state index contributed by atoms with van der Waals surface area (Å²) in [5.74, 6) is 0.484. The molecule has 5 rings (SSSR count). The van der Waals surface area contributed by atoms with E-state index in [4.69, 9.17) is 18.6 Å². The van der Waals surface area contributed by atoms with Gasteiger partial charge in [-0.25, -0.2) is 19.7 Å². The van der Waals surface area contributed by atoms with E-state index in [0.29, 0.717) is 30.2 Å². The molecular weight excluding hydrogens is 524 g/mol. The minimum atomic E-state index is -0.831. The second-order valence-electron chi connectivity index (χ2n) is 10.8. The number of ether oxygens (including phenoxy) is 1. The van der Waals surface area contributed by atoms with E-state index in [1.165, 1.54) is 0 Å². The molecule has 41 heavy (non-hydrogen) atoms. The molecule has 5 aromatic rings. The van der Waals surface area contributed by atoms with Crippen LogP contribution < -0.4 is 5.82 Å². The van der Waals surface area contributed by atoms with Gasteiger partial charge in [-0.2, -0.15) is 0 Å². The summed E-state index contributed by atoms with van der Waals surface area (Å²) < 4.78 is 17.5. The highest BCUT2D eigenvalue weighted by Gasteiger charge is 2.31. The van der Waals surface area contributed by atoms with Gasteiger partial charge in [0.1, 0.15) is 5.82 Å². The van der Waals surface area contributed by atoms with E-state index in [-0.39, 0.29) is 18.1 Å². The molecule has 0 aliphatic heterocycles. The molecule has 0 amide bonds. The number of carbonyl (C=O) groups is 1. The molecule has 11 nitrogen and oxygen atoms in total. The molecule has 0 atom stereocenters. The lowest BCUT2D eigenvalue weighted by atomic mass is 9.90. The minimum absolute atomic E-state index is 0.178. The van der Waals surface area contributed by atoms with Crippen molar-refractivity contribution in [2.45, 2.75) is 66.0 Å². The van der Waals surface area contributed by atoms with Gasteiger partial charge >= 0.3 is 11.8 Å². The number of esters is 1. The first-order valence-electron chi connectivity index (χ1n) is 13.4. The van der Waals surface area contributed by atoms with Gasteiger partial charge in [0.2, 0.25) is 0 Å². The second kappa shape index (κ2) is 11.4. The lowest BCUT2D eigenvalue weighted by Gasteiger charge is -2.18. The Labute approximate surface area is 236 Å². The molecule has 0 fully saturated rings. The molecule has 11 heteroatoms. The first kappa shape index (κ1) is 27.8. The van der Waals surface area contributed by atoms with E-state index in [0.717, 1.165) is 34.5 Å². The predicted octanol–water partition coefficient (Wildman–Crippen LogP) is 5.24. The number of rotatable bonds is 9. The number of nitrogens with one attached hydrogen (secondary N) is 1. The Morgan fingerprint density at radius 3 is 2.39 bits per heavy atom. The number of H-pyrrole nitrogens is 1. The second-order valence-corrected chi connectivity index (χ2v) is 10.8. The molecular formula is C30H32N6O5. The Hall–Kier alpha value is -4.80. The van der Waals surface area contributed by atoms with Gasteiger partial charge in [-0.15, -0.1) is 5.10 Å². The van der Waals surface area contributed by atoms with Gasteiger partial charge < -0.3 is 18.1 Å². The average molecular weight is 557 g/mol. The Kier molecular flexibility index (Phi) is 7.69. The van der Waals surface area contributed by atoms with E-state index in [1.54, 1.807) is 6.92 Å². The minimum Gasteiger partial charge on any atom is -0.453 e. The van der Waals surface area contributed by atoms with Gasteiger partial charge in [0, 0.05) is 23.9 Å².